The second kappa shape index (κ2) is 11.1. The molecule has 0 amide bonds. The van der Waals surface area contributed by atoms with Gasteiger partial charge in [-0.2, -0.15) is 4.91 Å². The van der Waals surface area contributed by atoms with E-state index >= 15 is 0 Å². The summed E-state index contributed by atoms with van der Waals surface area (Å²) < 4.78 is 17.0. The van der Waals surface area contributed by atoms with Crippen molar-refractivity contribution in [3.05, 3.63) is 4.91 Å². The minimum Gasteiger partial charge on any atom is -0.394 e. The van der Waals surface area contributed by atoms with Crippen molar-refractivity contribution in [3.8, 4) is 0 Å². The van der Waals surface area contributed by atoms with E-state index in [1.807, 2.05) is 20.8 Å². The molecule has 0 aliphatic carbocycles. The number of nitrogens with zero attached hydrogens (tertiary/aromatic N) is 1. The maximum Gasteiger partial charge on any atom is 0.161 e. The Hall–Kier alpha value is -0.640. The maximum absolute atomic E-state index is 11.1. The van der Waals surface area contributed by atoms with Gasteiger partial charge in [-0.1, -0.05) is 25.9 Å². The van der Waals surface area contributed by atoms with Gasteiger partial charge in [-0.3, -0.25) is 0 Å². The molecule has 8 heteroatoms. The van der Waals surface area contributed by atoms with E-state index in [4.69, 9.17) is 14.2 Å². The normalized spacial score (nSPS) is 39.7. The number of nitroso groups, excluding NO2 is 1. The molecule has 8 nitrogen and oxygen atoms in total. The largest absolute Gasteiger partial charge is 0.394 e. The molecule has 3 N–H and O–H groups in total. The van der Waals surface area contributed by atoms with Gasteiger partial charge in [0.05, 0.1) is 31.5 Å². The topological polar surface area (TPSA) is 118 Å². The minimum absolute atomic E-state index is 0.136. The number of aliphatic hydroxyl groups is 3. The molecule has 0 aromatic rings. The molecular weight excluding hydrogens is 318 g/mol. The lowest BCUT2D eigenvalue weighted by atomic mass is 9.94. The first-order valence-electron chi connectivity index (χ1n) is 8.79. The SMILES string of the molecule is CC.CCC1CC(N=O)C(OC2CC(O)CC(CO)O2)C(CO)O1. The predicted molar refractivity (Wildman–Crippen MR) is 87.4 cm³/mol. The molecule has 2 rings (SSSR count). The Labute approximate surface area is 143 Å². The highest BCUT2D eigenvalue weighted by atomic mass is 16.7. The molecule has 0 aromatic carbocycles. The van der Waals surface area contributed by atoms with Crippen LogP contribution < -0.4 is 0 Å². The van der Waals surface area contributed by atoms with Crippen LogP contribution in [0, 0.1) is 4.91 Å². The van der Waals surface area contributed by atoms with E-state index in [2.05, 4.69) is 5.18 Å². The van der Waals surface area contributed by atoms with Gasteiger partial charge in [-0.15, -0.1) is 0 Å². The average molecular weight is 349 g/mol. The van der Waals surface area contributed by atoms with Crippen LogP contribution in [0.15, 0.2) is 5.18 Å². The molecule has 7 atom stereocenters. The van der Waals surface area contributed by atoms with Gasteiger partial charge in [-0.05, 0) is 6.42 Å². The van der Waals surface area contributed by atoms with Gasteiger partial charge in [0.15, 0.2) is 6.29 Å². The average Bonchev–Trinajstić information content (AvgIpc) is 2.62. The highest BCUT2D eigenvalue weighted by Crippen LogP contribution is 2.30. The van der Waals surface area contributed by atoms with Crippen LogP contribution in [0.3, 0.4) is 0 Å². The Bertz CT molecular complexity index is 357. The molecule has 142 valence electrons. The summed E-state index contributed by atoms with van der Waals surface area (Å²) in [5.41, 5.74) is 0. The van der Waals surface area contributed by atoms with Gasteiger partial charge >= 0.3 is 0 Å². The third-order valence-corrected chi connectivity index (χ3v) is 4.24. The smallest absolute Gasteiger partial charge is 0.161 e. The molecule has 7 unspecified atom stereocenters. The van der Waals surface area contributed by atoms with Crippen molar-refractivity contribution in [1.29, 1.82) is 0 Å². The van der Waals surface area contributed by atoms with Gasteiger partial charge < -0.3 is 29.5 Å². The van der Waals surface area contributed by atoms with E-state index in [-0.39, 0.29) is 25.7 Å². The summed E-state index contributed by atoms with van der Waals surface area (Å²) in [4.78, 5) is 11.1. The molecule has 24 heavy (non-hydrogen) atoms. The first kappa shape index (κ1) is 21.4. The number of rotatable bonds is 6. The first-order valence-corrected chi connectivity index (χ1v) is 8.79. The molecule has 0 aromatic heterocycles. The van der Waals surface area contributed by atoms with Crippen molar-refractivity contribution in [1.82, 2.24) is 0 Å². The molecule has 0 spiro atoms. The summed E-state index contributed by atoms with van der Waals surface area (Å²) in [7, 11) is 0. The fourth-order valence-electron chi connectivity index (χ4n) is 3.05. The summed E-state index contributed by atoms with van der Waals surface area (Å²) in [5.74, 6) is 0. The molecule has 2 fully saturated rings. The molecule has 0 radical (unpaired) electrons. The molecular formula is C16H31NO7. The van der Waals surface area contributed by atoms with Crippen LogP contribution in [0.2, 0.25) is 0 Å². The van der Waals surface area contributed by atoms with Gasteiger partial charge in [-0.25, -0.2) is 0 Å². The van der Waals surface area contributed by atoms with Crippen molar-refractivity contribution < 1.29 is 29.5 Å². The Kier molecular flexibility index (Phi) is 9.87. The third-order valence-electron chi connectivity index (χ3n) is 4.24. The van der Waals surface area contributed by atoms with Gasteiger partial charge in [0.2, 0.25) is 0 Å². The molecule has 2 saturated heterocycles. The van der Waals surface area contributed by atoms with E-state index < -0.39 is 36.7 Å². The van der Waals surface area contributed by atoms with Crippen molar-refractivity contribution in [3.63, 3.8) is 0 Å². The highest BCUT2D eigenvalue weighted by Gasteiger charge is 2.42. The van der Waals surface area contributed by atoms with Crippen molar-refractivity contribution >= 4 is 0 Å². The standard InChI is InChI=1S/C14H25NO7.C2H6/c1-2-9-5-11(15-19)14(12(7-17)20-9)22-13-4-8(18)3-10(6-16)21-13;1-2/h8-14,16-18H,2-7H2,1H3;1-2H3. The molecule has 0 bridgehead atoms. The second-order valence-corrected chi connectivity index (χ2v) is 5.89. The van der Waals surface area contributed by atoms with E-state index in [0.29, 0.717) is 12.8 Å². The second-order valence-electron chi connectivity index (χ2n) is 5.89. The van der Waals surface area contributed by atoms with Crippen LogP contribution in [-0.2, 0) is 14.2 Å². The van der Waals surface area contributed by atoms with E-state index in [9.17, 15) is 20.2 Å². The number of hydrogen-bond acceptors (Lipinski definition) is 8. The van der Waals surface area contributed by atoms with Gasteiger partial charge in [0.1, 0.15) is 18.2 Å². The Morgan fingerprint density at radius 1 is 1.08 bits per heavy atom. The Balaban J connectivity index is 0.00000139. The number of aliphatic hydroxyl groups excluding tert-OH is 3. The minimum atomic E-state index is -0.758. The van der Waals surface area contributed by atoms with Gasteiger partial charge in [0, 0.05) is 19.3 Å². The molecule has 0 saturated carbocycles. The molecule has 2 heterocycles. The quantitative estimate of drug-likeness (QED) is 0.611. The zero-order valence-electron chi connectivity index (χ0n) is 14.7. The van der Waals surface area contributed by atoms with Crippen LogP contribution in [-0.4, -0.2) is 71.4 Å². The lowest BCUT2D eigenvalue weighted by molar-refractivity contribution is -0.271. The fourth-order valence-corrected chi connectivity index (χ4v) is 3.05. The monoisotopic (exact) mass is 349 g/mol. The van der Waals surface area contributed by atoms with Crippen LogP contribution in [0.1, 0.15) is 46.5 Å². The van der Waals surface area contributed by atoms with E-state index in [1.54, 1.807) is 0 Å². The zero-order valence-corrected chi connectivity index (χ0v) is 14.7. The Morgan fingerprint density at radius 3 is 2.33 bits per heavy atom. The highest BCUT2D eigenvalue weighted by molar-refractivity contribution is 4.91. The lowest BCUT2D eigenvalue weighted by Crippen LogP contribution is -2.53. The molecule has 2 aliphatic rings. The lowest BCUT2D eigenvalue weighted by Gasteiger charge is -2.41. The van der Waals surface area contributed by atoms with Crippen LogP contribution >= 0.6 is 0 Å². The molecule has 2 aliphatic heterocycles. The Morgan fingerprint density at radius 2 is 1.79 bits per heavy atom. The summed E-state index contributed by atoms with van der Waals surface area (Å²) >= 11 is 0. The summed E-state index contributed by atoms with van der Waals surface area (Å²) in [5, 5.41) is 31.6. The van der Waals surface area contributed by atoms with Crippen molar-refractivity contribution in [2.24, 2.45) is 5.18 Å². The first-order chi connectivity index (χ1) is 11.6. The summed E-state index contributed by atoms with van der Waals surface area (Å²) in [6, 6.07) is -0.633. The van der Waals surface area contributed by atoms with Gasteiger partial charge in [0.25, 0.3) is 0 Å². The van der Waals surface area contributed by atoms with Crippen LogP contribution in [0.5, 0.6) is 0 Å². The zero-order chi connectivity index (χ0) is 18.1. The third kappa shape index (κ3) is 5.72. The van der Waals surface area contributed by atoms with E-state index in [1.165, 1.54) is 0 Å². The van der Waals surface area contributed by atoms with Crippen LogP contribution in [0.4, 0.5) is 0 Å². The van der Waals surface area contributed by atoms with Crippen molar-refractivity contribution in [2.75, 3.05) is 13.2 Å². The fraction of sp³-hybridized carbons (Fsp3) is 1.00. The summed E-state index contributed by atoms with van der Waals surface area (Å²) in [6.45, 7) is 5.44. The number of hydrogen-bond donors (Lipinski definition) is 3. The van der Waals surface area contributed by atoms with E-state index in [0.717, 1.165) is 6.42 Å². The summed E-state index contributed by atoms with van der Waals surface area (Å²) in [6.07, 6.45) is -1.68. The number of ether oxygens (including phenoxy) is 3. The predicted octanol–water partition coefficient (Wildman–Crippen LogP) is 0.951. The van der Waals surface area contributed by atoms with Crippen molar-refractivity contribution in [2.45, 2.75) is 89.3 Å². The maximum atomic E-state index is 11.1. The van der Waals surface area contributed by atoms with Crippen LogP contribution in [0.25, 0.3) is 0 Å².